The van der Waals surface area contributed by atoms with Crippen molar-refractivity contribution in [3.8, 4) is 17.6 Å². The standard InChI is InChI=1S/C24H26ClNO3/c1-16(2)23(17(3)13-18(4)25)24(27)29-22(15-26)19-9-8-12-21(14-19)28-20-10-6-5-7-11-20/h5-14,16-17,22-23H,1-4H3. The molecule has 0 aliphatic rings. The van der Waals surface area contributed by atoms with E-state index in [1.807, 2.05) is 57.2 Å². The molecule has 0 aromatic heterocycles. The third-order valence-electron chi connectivity index (χ3n) is 4.54. The molecule has 2 aromatic rings. The molecule has 5 heteroatoms. The van der Waals surface area contributed by atoms with Crippen LogP contribution in [-0.4, -0.2) is 5.97 Å². The highest BCUT2D eigenvalue weighted by Gasteiger charge is 2.31. The Hall–Kier alpha value is -2.77. The minimum atomic E-state index is -1.02. The summed E-state index contributed by atoms with van der Waals surface area (Å²) in [6.07, 6.45) is 0.819. The van der Waals surface area contributed by atoms with Gasteiger partial charge in [-0.3, -0.25) is 4.79 Å². The number of esters is 1. The fourth-order valence-electron chi connectivity index (χ4n) is 3.29. The summed E-state index contributed by atoms with van der Waals surface area (Å²) in [6.45, 7) is 7.61. The summed E-state index contributed by atoms with van der Waals surface area (Å²) in [4.78, 5) is 12.8. The molecule has 152 valence electrons. The van der Waals surface area contributed by atoms with Gasteiger partial charge in [-0.25, -0.2) is 0 Å². The minimum absolute atomic E-state index is 0.0388. The molecule has 0 saturated heterocycles. The van der Waals surface area contributed by atoms with Gasteiger partial charge in [-0.05, 0) is 43.0 Å². The van der Waals surface area contributed by atoms with Gasteiger partial charge in [-0.15, -0.1) is 0 Å². The Morgan fingerprint density at radius 1 is 1.07 bits per heavy atom. The van der Waals surface area contributed by atoms with E-state index in [1.165, 1.54) is 0 Å². The summed E-state index contributed by atoms with van der Waals surface area (Å²) in [5, 5.41) is 10.2. The average molecular weight is 412 g/mol. The van der Waals surface area contributed by atoms with E-state index in [0.717, 1.165) is 0 Å². The van der Waals surface area contributed by atoms with Crippen LogP contribution in [0.15, 0.2) is 65.7 Å². The summed E-state index contributed by atoms with van der Waals surface area (Å²) in [6, 6.07) is 18.4. The molecule has 29 heavy (non-hydrogen) atoms. The quantitative estimate of drug-likeness (QED) is 0.457. The monoisotopic (exact) mass is 411 g/mol. The largest absolute Gasteiger partial charge is 0.457 e. The fourth-order valence-corrected chi connectivity index (χ4v) is 3.49. The van der Waals surface area contributed by atoms with Gasteiger partial charge in [0, 0.05) is 10.6 Å². The van der Waals surface area contributed by atoms with Crippen molar-refractivity contribution in [3.63, 3.8) is 0 Å². The van der Waals surface area contributed by atoms with Crippen molar-refractivity contribution in [1.29, 1.82) is 5.26 Å². The number of halogens is 1. The fraction of sp³-hybridized carbons (Fsp3) is 0.333. The van der Waals surface area contributed by atoms with E-state index in [2.05, 4.69) is 6.07 Å². The highest BCUT2D eigenvalue weighted by molar-refractivity contribution is 6.29. The Morgan fingerprint density at radius 3 is 2.31 bits per heavy atom. The summed E-state index contributed by atoms with van der Waals surface area (Å²) in [5.41, 5.74) is 0.563. The number of hydrogen-bond acceptors (Lipinski definition) is 4. The average Bonchev–Trinajstić information content (AvgIpc) is 2.66. The van der Waals surface area contributed by atoms with Crippen LogP contribution in [0.1, 0.15) is 39.4 Å². The molecule has 2 rings (SSSR count). The zero-order chi connectivity index (χ0) is 21.4. The van der Waals surface area contributed by atoms with E-state index in [0.29, 0.717) is 22.1 Å². The van der Waals surface area contributed by atoms with E-state index in [9.17, 15) is 10.1 Å². The summed E-state index contributed by atoms with van der Waals surface area (Å²) < 4.78 is 11.4. The first-order valence-corrected chi connectivity index (χ1v) is 9.96. The Bertz CT molecular complexity index is 882. The number of carbonyl (C=O) groups is 1. The van der Waals surface area contributed by atoms with Gasteiger partial charge in [0.1, 0.15) is 17.6 Å². The first kappa shape index (κ1) is 22.5. The van der Waals surface area contributed by atoms with Gasteiger partial charge in [0.25, 0.3) is 0 Å². The van der Waals surface area contributed by atoms with Crippen LogP contribution in [0.4, 0.5) is 0 Å². The number of nitriles is 1. The minimum Gasteiger partial charge on any atom is -0.457 e. The van der Waals surface area contributed by atoms with Gasteiger partial charge < -0.3 is 9.47 Å². The predicted octanol–water partition coefficient (Wildman–Crippen LogP) is 6.64. The number of hydrogen-bond donors (Lipinski definition) is 0. The highest BCUT2D eigenvalue weighted by Crippen LogP contribution is 2.30. The van der Waals surface area contributed by atoms with Crippen molar-refractivity contribution in [2.24, 2.45) is 17.8 Å². The van der Waals surface area contributed by atoms with E-state index >= 15 is 0 Å². The first-order chi connectivity index (χ1) is 13.8. The lowest BCUT2D eigenvalue weighted by molar-refractivity contribution is -0.154. The van der Waals surface area contributed by atoms with Crippen molar-refractivity contribution in [2.75, 3.05) is 0 Å². The number of para-hydroxylation sites is 1. The second-order valence-corrected chi connectivity index (χ2v) is 7.91. The molecule has 0 bridgehead atoms. The number of allylic oxidation sites excluding steroid dienone is 2. The smallest absolute Gasteiger partial charge is 0.311 e. The zero-order valence-corrected chi connectivity index (χ0v) is 17.9. The van der Waals surface area contributed by atoms with Gasteiger partial charge in [0.05, 0.1) is 5.92 Å². The second-order valence-electron chi connectivity index (χ2n) is 7.32. The normalized spacial score (nSPS) is 14.6. The molecule has 0 fully saturated rings. The maximum atomic E-state index is 12.8. The summed E-state index contributed by atoms with van der Waals surface area (Å²) >= 11 is 5.98. The van der Waals surface area contributed by atoms with Crippen LogP contribution in [0.25, 0.3) is 0 Å². The van der Waals surface area contributed by atoms with Crippen LogP contribution in [0.5, 0.6) is 11.5 Å². The Kier molecular flexibility index (Phi) is 8.30. The first-order valence-electron chi connectivity index (χ1n) is 9.58. The van der Waals surface area contributed by atoms with Crippen LogP contribution in [-0.2, 0) is 9.53 Å². The molecular weight excluding hydrogens is 386 g/mol. The molecule has 0 amide bonds. The maximum Gasteiger partial charge on any atom is 0.311 e. The van der Waals surface area contributed by atoms with Gasteiger partial charge in [0.15, 0.2) is 0 Å². The SMILES string of the molecule is CC(Cl)=CC(C)C(C(=O)OC(C#N)c1cccc(Oc2ccccc2)c1)C(C)C. The lowest BCUT2D eigenvalue weighted by Gasteiger charge is -2.25. The van der Waals surface area contributed by atoms with E-state index in [4.69, 9.17) is 21.1 Å². The van der Waals surface area contributed by atoms with Crippen LogP contribution in [0, 0.1) is 29.1 Å². The summed E-state index contributed by atoms with van der Waals surface area (Å²) in [5.74, 6) is 0.376. The topological polar surface area (TPSA) is 59.3 Å². The third-order valence-corrected chi connectivity index (χ3v) is 4.67. The van der Waals surface area contributed by atoms with E-state index < -0.39 is 18.0 Å². The molecule has 0 heterocycles. The summed E-state index contributed by atoms with van der Waals surface area (Å²) in [7, 11) is 0. The van der Waals surface area contributed by atoms with Crippen LogP contribution in [0.2, 0.25) is 0 Å². The van der Waals surface area contributed by atoms with E-state index in [-0.39, 0.29) is 11.8 Å². The number of benzene rings is 2. The van der Waals surface area contributed by atoms with Gasteiger partial charge >= 0.3 is 5.97 Å². The molecule has 0 aliphatic carbocycles. The lowest BCUT2D eigenvalue weighted by Crippen LogP contribution is -2.29. The second kappa shape index (κ2) is 10.7. The van der Waals surface area contributed by atoms with Crippen LogP contribution in [0.3, 0.4) is 0 Å². The molecular formula is C24H26ClNO3. The number of ether oxygens (including phenoxy) is 2. The van der Waals surface area contributed by atoms with Crippen molar-refractivity contribution < 1.29 is 14.3 Å². The number of nitrogens with zero attached hydrogens (tertiary/aromatic N) is 1. The van der Waals surface area contributed by atoms with Gasteiger partial charge in [-0.2, -0.15) is 5.26 Å². The van der Waals surface area contributed by atoms with Gasteiger partial charge in [-0.1, -0.05) is 68.8 Å². The van der Waals surface area contributed by atoms with E-state index in [1.54, 1.807) is 31.2 Å². The molecule has 0 spiro atoms. The molecule has 4 nitrogen and oxygen atoms in total. The Morgan fingerprint density at radius 2 is 1.72 bits per heavy atom. The molecule has 0 saturated carbocycles. The number of carbonyl (C=O) groups excluding carboxylic acids is 1. The molecule has 0 N–H and O–H groups in total. The third kappa shape index (κ3) is 6.66. The highest BCUT2D eigenvalue weighted by atomic mass is 35.5. The van der Waals surface area contributed by atoms with Gasteiger partial charge in [0.2, 0.25) is 6.10 Å². The molecule has 3 atom stereocenters. The van der Waals surface area contributed by atoms with Crippen molar-refractivity contribution in [3.05, 3.63) is 71.3 Å². The van der Waals surface area contributed by atoms with Crippen LogP contribution < -0.4 is 4.74 Å². The lowest BCUT2D eigenvalue weighted by atomic mass is 9.84. The molecule has 2 aromatic carbocycles. The predicted molar refractivity (Wildman–Crippen MR) is 115 cm³/mol. The molecule has 3 unspecified atom stereocenters. The molecule has 0 aliphatic heterocycles. The Balaban J connectivity index is 2.18. The van der Waals surface area contributed by atoms with Crippen LogP contribution >= 0.6 is 11.6 Å². The van der Waals surface area contributed by atoms with Crippen molar-refractivity contribution in [2.45, 2.75) is 33.8 Å². The zero-order valence-electron chi connectivity index (χ0n) is 17.1. The maximum absolute atomic E-state index is 12.8. The number of rotatable bonds is 8. The Labute approximate surface area is 177 Å². The van der Waals surface area contributed by atoms with Crippen molar-refractivity contribution >= 4 is 17.6 Å². The van der Waals surface area contributed by atoms with Crippen molar-refractivity contribution in [1.82, 2.24) is 0 Å². The molecule has 0 radical (unpaired) electrons.